The van der Waals surface area contributed by atoms with Crippen molar-refractivity contribution in [3.63, 3.8) is 0 Å². The molecule has 5 nitrogen and oxygen atoms in total. The van der Waals surface area contributed by atoms with Crippen LogP contribution in [-0.4, -0.2) is 39.4 Å². The molecule has 1 aromatic heterocycles. The van der Waals surface area contributed by atoms with Crippen LogP contribution in [0.1, 0.15) is 6.92 Å². The Morgan fingerprint density at radius 2 is 2.31 bits per heavy atom. The third-order valence-electron chi connectivity index (χ3n) is 1.86. The third-order valence-corrected chi connectivity index (χ3v) is 4.66. The summed E-state index contributed by atoms with van der Waals surface area (Å²) < 4.78 is 30.7. The zero-order chi connectivity index (χ0) is 12.2. The fourth-order valence-corrected chi connectivity index (χ4v) is 3.30. The Hall–Kier alpha value is -0.470. The summed E-state index contributed by atoms with van der Waals surface area (Å²) in [5.74, 6) is 0. The molecular formula is C9H15NO4S2. The van der Waals surface area contributed by atoms with Crippen molar-refractivity contribution in [2.24, 2.45) is 0 Å². The number of methoxy groups -OCH3 is 1. The summed E-state index contributed by atoms with van der Waals surface area (Å²) in [5, 5.41) is 11.4. The number of nitrogens with one attached hydrogen (secondary N) is 1. The SMILES string of the molecule is COCC(C)(O)CNS(=O)(=O)c1cccs1. The molecule has 0 fully saturated rings. The summed E-state index contributed by atoms with van der Waals surface area (Å²) in [6.45, 7) is 1.49. The van der Waals surface area contributed by atoms with Crippen LogP contribution in [0, 0.1) is 0 Å². The molecule has 0 aliphatic rings. The van der Waals surface area contributed by atoms with E-state index in [1.165, 1.54) is 20.1 Å². The molecule has 0 spiro atoms. The van der Waals surface area contributed by atoms with E-state index in [1.54, 1.807) is 11.4 Å². The normalized spacial score (nSPS) is 15.9. The fourth-order valence-electron chi connectivity index (χ4n) is 1.10. The quantitative estimate of drug-likeness (QED) is 0.782. The first-order chi connectivity index (χ1) is 7.37. The number of hydrogen-bond acceptors (Lipinski definition) is 5. The van der Waals surface area contributed by atoms with Crippen molar-refractivity contribution in [1.29, 1.82) is 0 Å². The molecule has 1 rings (SSSR count). The number of ether oxygens (including phenoxy) is 1. The van der Waals surface area contributed by atoms with Gasteiger partial charge in [-0.05, 0) is 18.4 Å². The number of hydrogen-bond donors (Lipinski definition) is 2. The summed E-state index contributed by atoms with van der Waals surface area (Å²) in [6.07, 6.45) is 0. The van der Waals surface area contributed by atoms with Gasteiger partial charge in [0.25, 0.3) is 0 Å². The second kappa shape index (κ2) is 5.24. The lowest BCUT2D eigenvalue weighted by molar-refractivity contribution is -0.0119. The number of sulfonamides is 1. The fraction of sp³-hybridized carbons (Fsp3) is 0.556. The first-order valence-electron chi connectivity index (χ1n) is 4.62. The Morgan fingerprint density at radius 3 is 2.81 bits per heavy atom. The number of aliphatic hydroxyl groups is 1. The average Bonchev–Trinajstić information content (AvgIpc) is 2.68. The first-order valence-corrected chi connectivity index (χ1v) is 6.98. The van der Waals surface area contributed by atoms with Crippen LogP contribution in [-0.2, 0) is 14.8 Å². The van der Waals surface area contributed by atoms with Crippen LogP contribution < -0.4 is 4.72 Å². The van der Waals surface area contributed by atoms with Crippen LogP contribution in [0.2, 0.25) is 0 Å². The lowest BCUT2D eigenvalue weighted by Gasteiger charge is -2.22. The summed E-state index contributed by atoms with van der Waals surface area (Å²) >= 11 is 1.13. The Bertz CT molecular complexity index is 411. The van der Waals surface area contributed by atoms with Gasteiger partial charge in [0.1, 0.15) is 4.21 Å². The zero-order valence-electron chi connectivity index (χ0n) is 9.13. The average molecular weight is 265 g/mol. The molecule has 0 bridgehead atoms. The molecular weight excluding hydrogens is 250 g/mol. The molecule has 92 valence electrons. The van der Waals surface area contributed by atoms with E-state index in [4.69, 9.17) is 4.74 Å². The van der Waals surface area contributed by atoms with E-state index >= 15 is 0 Å². The molecule has 0 saturated heterocycles. The second-order valence-electron chi connectivity index (χ2n) is 3.69. The molecule has 0 aliphatic heterocycles. The third kappa shape index (κ3) is 3.84. The molecule has 1 unspecified atom stereocenters. The van der Waals surface area contributed by atoms with Crippen LogP contribution in [0.5, 0.6) is 0 Å². The molecule has 2 N–H and O–H groups in total. The highest BCUT2D eigenvalue weighted by atomic mass is 32.2. The van der Waals surface area contributed by atoms with Gasteiger partial charge in [-0.2, -0.15) is 0 Å². The predicted octanol–water partition coefficient (Wildman–Crippen LogP) is 0.424. The van der Waals surface area contributed by atoms with Crippen molar-refractivity contribution in [2.45, 2.75) is 16.7 Å². The van der Waals surface area contributed by atoms with Gasteiger partial charge in [0.05, 0.1) is 12.2 Å². The van der Waals surface area contributed by atoms with E-state index in [2.05, 4.69) is 4.72 Å². The van der Waals surface area contributed by atoms with Gasteiger partial charge < -0.3 is 9.84 Å². The van der Waals surface area contributed by atoms with Crippen molar-refractivity contribution in [3.8, 4) is 0 Å². The van der Waals surface area contributed by atoms with Crippen molar-refractivity contribution >= 4 is 21.4 Å². The van der Waals surface area contributed by atoms with Gasteiger partial charge >= 0.3 is 0 Å². The molecule has 0 radical (unpaired) electrons. The number of rotatable bonds is 6. The standard InChI is InChI=1S/C9H15NO4S2/c1-9(11,7-14-2)6-10-16(12,13)8-4-3-5-15-8/h3-5,10-11H,6-7H2,1-2H3. The molecule has 0 aliphatic carbocycles. The minimum absolute atomic E-state index is 0.0694. The molecule has 0 amide bonds. The minimum atomic E-state index is -3.52. The van der Waals surface area contributed by atoms with Gasteiger partial charge in [-0.25, -0.2) is 13.1 Å². The van der Waals surface area contributed by atoms with Crippen LogP contribution in [0.25, 0.3) is 0 Å². The summed E-state index contributed by atoms with van der Waals surface area (Å²) in [6, 6.07) is 3.17. The zero-order valence-corrected chi connectivity index (χ0v) is 10.8. The number of thiophene rings is 1. The topological polar surface area (TPSA) is 75.6 Å². The van der Waals surface area contributed by atoms with Gasteiger partial charge in [0.2, 0.25) is 10.0 Å². The predicted molar refractivity (Wildman–Crippen MR) is 62.0 cm³/mol. The van der Waals surface area contributed by atoms with Gasteiger partial charge in [-0.3, -0.25) is 0 Å². The monoisotopic (exact) mass is 265 g/mol. The van der Waals surface area contributed by atoms with Gasteiger partial charge in [-0.1, -0.05) is 6.07 Å². The maximum atomic E-state index is 11.7. The summed E-state index contributed by atoms with van der Waals surface area (Å²) in [4.78, 5) is 0. The lowest BCUT2D eigenvalue weighted by Crippen LogP contribution is -2.43. The van der Waals surface area contributed by atoms with Gasteiger partial charge in [0.15, 0.2) is 0 Å². The van der Waals surface area contributed by atoms with E-state index in [-0.39, 0.29) is 17.4 Å². The van der Waals surface area contributed by atoms with E-state index in [9.17, 15) is 13.5 Å². The Morgan fingerprint density at radius 1 is 1.62 bits per heavy atom. The molecule has 1 heterocycles. The highest BCUT2D eigenvalue weighted by Gasteiger charge is 2.24. The van der Waals surface area contributed by atoms with Crippen molar-refractivity contribution in [1.82, 2.24) is 4.72 Å². The van der Waals surface area contributed by atoms with E-state index < -0.39 is 15.6 Å². The Labute approximate surface area is 99.1 Å². The van der Waals surface area contributed by atoms with Crippen LogP contribution in [0.3, 0.4) is 0 Å². The van der Waals surface area contributed by atoms with Crippen LogP contribution >= 0.6 is 11.3 Å². The molecule has 1 aromatic rings. The van der Waals surface area contributed by atoms with E-state index in [0.29, 0.717) is 0 Å². The van der Waals surface area contributed by atoms with Gasteiger partial charge in [0, 0.05) is 13.7 Å². The van der Waals surface area contributed by atoms with Gasteiger partial charge in [-0.15, -0.1) is 11.3 Å². The van der Waals surface area contributed by atoms with Crippen molar-refractivity contribution < 1.29 is 18.3 Å². The summed E-state index contributed by atoms with van der Waals surface area (Å²) in [5.41, 5.74) is -1.21. The minimum Gasteiger partial charge on any atom is -0.386 e. The van der Waals surface area contributed by atoms with Crippen molar-refractivity contribution in [2.75, 3.05) is 20.3 Å². The molecule has 16 heavy (non-hydrogen) atoms. The summed E-state index contributed by atoms with van der Waals surface area (Å²) in [7, 11) is -2.07. The largest absolute Gasteiger partial charge is 0.386 e. The van der Waals surface area contributed by atoms with Crippen LogP contribution in [0.15, 0.2) is 21.7 Å². The highest BCUT2D eigenvalue weighted by Crippen LogP contribution is 2.15. The van der Waals surface area contributed by atoms with Crippen LogP contribution in [0.4, 0.5) is 0 Å². The Kier molecular flexibility index (Phi) is 4.45. The molecule has 1 atom stereocenters. The molecule has 0 aromatic carbocycles. The smallest absolute Gasteiger partial charge is 0.250 e. The second-order valence-corrected chi connectivity index (χ2v) is 6.63. The first kappa shape index (κ1) is 13.6. The molecule has 7 heteroatoms. The Balaban J connectivity index is 2.62. The lowest BCUT2D eigenvalue weighted by atomic mass is 10.1. The maximum Gasteiger partial charge on any atom is 0.250 e. The highest BCUT2D eigenvalue weighted by molar-refractivity contribution is 7.91. The maximum absolute atomic E-state index is 11.7. The van der Waals surface area contributed by atoms with E-state index in [1.807, 2.05) is 0 Å². The van der Waals surface area contributed by atoms with E-state index in [0.717, 1.165) is 11.3 Å². The molecule has 0 saturated carbocycles. The van der Waals surface area contributed by atoms with Crippen molar-refractivity contribution in [3.05, 3.63) is 17.5 Å².